The Bertz CT molecular complexity index is 3220. The van der Waals surface area contributed by atoms with E-state index in [4.69, 9.17) is 15.0 Å². The van der Waals surface area contributed by atoms with E-state index < -0.39 is 0 Å². The first-order valence-corrected chi connectivity index (χ1v) is 20.3. The van der Waals surface area contributed by atoms with Crippen LogP contribution in [0.4, 0.5) is 0 Å². The number of hydrogen-bond acceptors (Lipinski definition) is 5. The van der Waals surface area contributed by atoms with Crippen LogP contribution < -0.4 is 0 Å². The molecule has 3 heterocycles. The minimum absolute atomic E-state index is 0.648. The van der Waals surface area contributed by atoms with E-state index in [-0.39, 0.29) is 0 Å². The van der Waals surface area contributed by atoms with Crippen LogP contribution in [-0.4, -0.2) is 15.0 Å². The SMILES string of the molecule is c1ccc(-c2ccc(-c3nc(-c4ccccc4)nc(-c4cccc5sc6c(-c7cc(-c8ccccc8)cc8sc9ccccc9c78)cccc6c45)n3)cc2)cc1. The van der Waals surface area contributed by atoms with Crippen molar-refractivity contribution in [3.8, 4) is 67.5 Å². The molecule has 11 rings (SSSR count). The van der Waals surface area contributed by atoms with Gasteiger partial charge in [-0.2, -0.15) is 0 Å². The van der Waals surface area contributed by atoms with Crippen molar-refractivity contribution < 1.29 is 0 Å². The van der Waals surface area contributed by atoms with E-state index in [0.29, 0.717) is 17.5 Å². The topological polar surface area (TPSA) is 38.7 Å². The maximum Gasteiger partial charge on any atom is 0.164 e. The van der Waals surface area contributed by atoms with Crippen molar-refractivity contribution in [2.75, 3.05) is 0 Å². The van der Waals surface area contributed by atoms with E-state index >= 15 is 0 Å². The van der Waals surface area contributed by atoms with Gasteiger partial charge in [-0.05, 0) is 52.1 Å². The zero-order valence-electron chi connectivity index (χ0n) is 30.1. The summed E-state index contributed by atoms with van der Waals surface area (Å²) in [7, 11) is 0. The van der Waals surface area contributed by atoms with Crippen LogP contribution in [0.3, 0.4) is 0 Å². The van der Waals surface area contributed by atoms with E-state index in [1.807, 2.05) is 46.9 Å². The molecule has 8 aromatic carbocycles. The molecular formula is C51H31N3S2. The zero-order chi connectivity index (χ0) is 37.0. The lowest BCUT2D eigenvalue weighted by atomic mass is 9.93. The standard InChI is InChI=1S/C51H31N3S2/c1-4-14-32(15-5-1)34-26-28-36(29-27-34)50-52-49(35-18-8-3-9-19-35)53-51(54-50)41-23-13-25-44-47(41)40-22-12-21-38(48(40)56-44)42-30-37(33-16-6-2-7-17-33)31-45-46(42)39-20-10-11-24-43(39)55-45/h1-31H. The fraction of sp³-hybridized carbons (Fsp3) is 0. The number of hydrogen-bond donors (Lipinski definition) is 0. The Hall–Kier alpha value is -6.79. The van der Waals surface area contributed by atoms with Gasteiger partial charge in [0.25, 0.3) is 0 Å². The van der Waals surface area contributed by atoms with Gasteiger partial charge in [-0.15, -0.1) is 22.7 Å². The Morgan fingerprint density at radius 2 is 0.786 bits per heavy atom. The Morgan fingerprint density at radius 3 is 1.52 bits per heavy atom. The molecule has 0 saturated heterocycles. The number of benzene rings is 8. The van der Waals surface area contributed by atoms with Crippen LogP contribution in [0.15, 0.2) is 188 Å². The third-order valence-electron chi connectivity index (χ3n) is 10.6. The van der Waals surface area contributed by atoms with E-state index in [1.165, 1.54) is 62.8 Å². The van der Waals surface area contributed by atoms with Crippen LogP contribution in [0.5, 0.6) is 0 Å². The highest BCUT2D eigenvalue weighted by Gasteiger charge is 2.21. The third-order valence-corrected chi connectivity index (χ3v) is 12.9. The number of nitrogens with zero attached hydrogens (tertiary/aromatic N) is 3. The van der Waals surface area contributed by atoms with Crippen molar-refractivity contribution >= 4 is 63.0 Å². The molecule has 5 heteroatoms. The summed E-state index contributed by atoms with van der Waals surface area (Å²) in [6.45, 7) is 0. The quantitative estimate of drug-likeness (QED) is 0.170. The Kier molecular flexibility index (Phi) is 7.87. The van der Waals surface area contributed by atoms with E-state index in [2.05, 4.69) is 164 Å². The van der Waals surface area contributed by atoms with Gasteiger partial charge in [0, 0.05) is 62.6 Å². The van der Waals surface area contributed by atoms with Crippen LogP contribution in [0, 0.1) is 0 Å². The molecule has 0 atom stereocenters. The summed E-state index contributed by atoms with van der Waals surface area (Å²) >= 11 is 3.71. The van der Waals surface area contributed by atoms with E-state index in [9.17, 15) is 0 Å². The molecule has 0 radical (unpaired) electrons. The van der Waals surface area contributed by atoms with Crippen LogP contribution in [0.25, 0.3) is 108 Å². The van der Waals surface area contributed by atoms with Gasteiger partial charge in [-0.25, -0.2) is 15.0 Å². The van der Waals surface area contributed by atoms with Crippen LogP contribution in [-0.2, 0) is 0 Å². The number of thiophene rings is 2. The van der Waals surface area contributed by atoms with Gasteiger partial charge in [0.1, 0.15) is 0 Å². The fourth-order valence-corrected chi connectivity index (χ4v) is 10.3. The molecule has 0 spiro atoms. The number of fused-ring (bicyclic) bond motifs is 6. The minimum atomic E-state index is 0.648. The van der Waals surface area contributed by atoms with Crippen molar-refractivity contribution in [2.24, 2.45) is 0 Å². The average Bonchev–Trinajstić information content (AvgIpc) is 3.86. The lowest BCUT2D eigenvalue weighted by Gasteiger charge is -2.11. The Labute approximate surface area is 331 Å². The Morgan fingerprint density at radius 1 is 0.286 bits per heavy atom. The lowest BCUT2D eigenvalue weighted by Crippen LogP contribution is -2.00. The predicted molar refractivity (Wildman–Crippen MR) is 238 cm³/mol. The fourth-order valence-electron chi connectivity index (χ4n) is 7.89. The first-order valence-electron chi connectivity index (χ1n) is 18.7. The molecule has 11 aromatic rings. The second kappa shape index (κ2) is 13.5. The van der Waals surface area contributed by atoms with Gasteiger partial charge < -0.3 is 0 Å². The molecule has 0 unspecified atom stereocenters. The van der Waals surface area contributed by atoms with Gasteiger partial charge >= 0.3 is 0 Å². The molecule has 3 aromatic heterocycles. The Balaban J connectivity index is 1.12. The van der Waals surface area contributed by atoms with E-state index in [0.717, 1.165) is 27.6 Å². The van der Waals surface area contributed by atoms with E-state index in [1.54, 1.807) is 0 Å². The van der Waals surface area contributed by atoms with Crippen LogP contribution in [0.2, 0.25) is 0 Å². The summed E-state index contributed by atoms with van der Waals surface area (Å²) in [4.78, 5) is 15.4. The molecule has 0 amide bonds. The monoisotopic (exact) mass is 749 g/mol. The molecule has 262 valence electrons. The molecule has 0 aliphatic heterocycles. The minimum Gasteiger partial charge on any atom is -0.208 e. The summed E-state index contributed by atoms with van der Waals surface area (Å²) in [5, 5.41) is 4.97. The first-order chi connectivity index (χ1) is 27.7. The molecule has 0 fully saturated rings. The zero-order valence-corrected chi connectivity index (χ0v) is 31.7. The summed E-state index contributed by atoms with van der Waals surface area (Å²) < 4.78 is 5.05. The van der Waals surface area contributed by atoms with Gasteiger partial charge in [0.05, 0.1) is 0 Å². The molecule has 0 N–H and O–H groups in total. The van der Waals surface area contributed by atoms with Gasteiger partial charge in [-0.1, -0.05) is 164 Å². The van der Waals surface area contributed by atoms with Gasteiger partial charge in [0.15, 0.2) is 17.5 Å². The van der Waals surface area contributed by atoms with Crippen molar-refractivity contribution in [1.29, 1.82) is 0 Å². The predicted octanol–water partition coefficient (Wildman–Crippen LogP) is 14.6. The molecular weight excluding hydrogens is 719 g/mol. The summed E-state index contributed by atoms with van der Waals surface area (Å²) in [5.41, 5.74) is 10.2. The molecule has 56 heavy (non-hydrogen) atoms. The largest absolute Gasteiger partial charge is 0.208 e. The van der Waals surface area contributed by atoms with Gasteiger partial charge in [-0.3, -0.25) is 0 Å². The first kappa shape index (κ1) is 32.6. The number of aromatic nitrogens is 3. The molecule has 0 saturated carbocycles. The summed E-state index contributed by atoms with van der Waals surface area (Å²) in [6, 6.07) is 66.7. The second-order valence-electron chi connectivity index (χ2n) is 13.9. The van der Waals surface area contributed by atoms with Crippen LogP contribution >= 0.6 is 22.7 Å². The highest BCUT2D eigenvalue weighted by molar-refractivity contribution is 7.27. The second-order valence-corrected chi connectivity index (χ2v) is 16.1. The van der Waals surface area contributed by atoms with Crippen LogP contribution in [0.1, 0.15) is 0 Å². The highest BCUT2D eigenvalue weighted by Crippen LogP contribution is 2.48. The van der Waals surface area contributed by atoms with Crippen molar-refractivity contribution in [3.63, 3.8) is 0 Å². The molecule has 3 nitrogen and oxygen atoms in total. The normalized spacial score (nSPS) is 11.6. The summed E-state index contributed by atoms with van der Waals surface area (Å²) in [5.74, 6) is 1.96. The highest BCUT2D eigenvalue weighted by atomic mass is 32.1. The summed E-state index contributed by atoms with van der Waals surface area (Å²) in [6.07, 6.45) is 0. The van der Waals surface area contributed by atoms with Gasteiger partial charge in [0.2, 0.25) is 0 Å². The smallest absolute Gasteiger partial charge is 0.164 e. The van der Waals surface area contributed by atoms with Crippen molar-refractivity contribution in [1.82, 2.24) is 15.0 Å². The number of rotatable bonds is 6. The molecule has 0 bridgehead atoms. The third kappa shape index (κ3) is 5.60. The molecule has 0 aliphatic carbocycles. The molecule has 0 aliphatic rings. The maximum atomic E-state index is 5.22. The lowest BCUT2D eigenvalue weighted by molar-refractivity contribution is 1.08. The van der Waals surface area contributed by atoms with Crippen molar-refractivity contribution in [2.45, 2.75) is 0 Å². The maximum absolute atomic E-state index is 5.22. The van der Waals surface area contributed by atoms with Crippen molar-refractivity contribution in [3.05, 3.63) is 188 Å². The average molecular weight is 750 g/mol.